The summed E-state index contributed by atoms with van der Waals surface area (Å²) in [6, 6.07) is 7.47. The summed E-state index contributed by atoms with van der Waals surface area (Å²) in [5, 5.41) is 5.14. The molecule has 0 aliphatic rings. The lowest BCUT2D eigenvalue weighted by Crippen LogP contribution is -2.37. The number of carbonyl (C=O) groups excluding carboxylic acids is 2. The minimum atomic E-state index is -0.223. The largest absolute Gasteiger partial charge is 0.351 e. The summed E-state index contributed by atoms with van der Waals surface area (Å²) in [4.78, 5) is 22.8. The van der Waals surface area contributed by atoms with Crippen molar-refractivity contribution < 1.29 is 9.59 Å². The van der Waals surface area contributed by atoms with E-state index in [0.29, 0.717) is 6.54 Å². The highest BCUT2D eigenvalue weighted by molar-refractivity contribution is 9.10. The van der Waals surface area contributed by atoms with Crippen molar-refractivity contribution in [3.63, 3.8) is 0 Å². The maximum absolute atomic E-state index is 11.6. The Bertz CT molecular complexity index is 429. The maximum atomic E-state index is 11.6. The Hall–Kier alpha value is -1.62. The topological polar surface area (TPSA) is 58.2 Å². The van der Waals surface area contributed by atoms with Gasteiger partial charge in [0.2, 0.25) is 11.8 Å². The first kappa shape index (κ1) is 14.4. The highest BCUT2D eigenvalue weighted by Gasteiger charge is 2.05. The van der Waals surface area contributed by atoms with E-state index < -0.39 is 0 Å². The molecule has 0 saturated carbocycles. The monoisotopic (exact) mass is 310 g/mol. The smallest absolute Gasteiger partial charge is 0.239 e. The van der Waals surface area contributed by atoms with Crippen LogP contribution in [0.2, 0.25) is 0 Å². The van der Waals surface area contributed by atoms with E-state index in [-0.39, 0.29) is 24.8 Å². The number of halogens is 1. The Balaban J connectivity index is 2.31. The van der Waals surface area contributed by atoms with Crippen LogP contribution in [0.25, 0.3) is 0 Å². The Morgan fingerprint density at radius 2 is 1.83 bits per heavy atom. The molecule has 1 rings (SSSR count). The molecular weight excluding hydrogens is 296 g/mol. The van der Waals surface area contributed by atoms with Gasteiger partial charge in [-0.25, -0.2) is 0 Å². The summed E-state index contributed by atoms with van der Waals surface area (Å²) in [7, 11) is 0. The summed E-state index contributed by atoms with van der Waals surface area (Å²) < 4.78 is 0.968. The van der Waals surface area contributed by atoms with E-state index >= 15 is 0 Å². The van der Waals surface area contributed by atoms with Crippen molar-refractivity contribution in [1.29, 1.82) is 0 Å². The maximum Gasteiger partial charge on any atom is 0.239 e. The van der Waals surface area contributed by atoms with Gasteiger partial charge in [0, 0.05) is 11.0 Å². The summed E-state index contributed by atoms with van der Waals surface area (Å²) in [6.07, 6.45) is 1.85. The molecule has 0 atom stereocenters. The molecule has 0 heterocycles. The average Bonchev–Trinajstić information content (AvgIpc) is 2.36. The fourth-order valence-corrected chi connectivity index (χ4v) is 1.54. The number of nitrogens with one attached hydrogen (secondary N) is 2. The molecule has 1 aromatic rings. The number of amides is 2. The molecule has 0 aliphatic heterocycles. The quantitative estimate of drug-likeness (QED) is 0.781. The average molecular weight is 311 g/mol. The fraction of sp³-hybridized carbons (Fsp3) is 0.231. The molecule has 0 aromatic heterocycles. The van der Waals surface area contributed by atoms with Crippen molar-refractivity contribution in [3.8, 4) is 0 Å². The van der Waals surface area contributed by atoms with Crippen molar-refractivity contribution in [2.75, 3.05) is 13.1 Å². The van der Waals surface area contributed by atoms with Gasteiger partial charge in [0.1, 0.15) is 0 Å². The van der Waals surface area contributed by atoms with Crippen molar-refractivity contribution in [1.82, 2.24) is 10.6 Å². The number of hydrogen-bond donors (Lipinski definition) is 2. The Labute approximate surface area is 115 Å². The molecule has 0 bridgehead atoms. The van der Waals surface area contributed by atoms with Gasteiger partial charge in [0.15, 0.2) is 0 Å². The third-order valence-corrected chi connectivity index (χ3v) is 2.70. The minimum absolute atomic E-state index is 0.0107. The zero-order valence-electron chi connectivity index (χ0n) is 9.91. The van der Waals surface area contributed by atoms with Gasteiger partial charge in [-0.1, -0.05) is 34.1 Å². The number of benzene rings is 1. The Morgan fingerprint density at radius 1 is 1.17 bits per heavy atom. The zero-order valence-corrected chi connectivity index (χ0v) is 11.5. The van der Waals surface area contributed by atoms with E-state index in [2.05, 4.69) is 33.1 Å². The predicted octanol–water partition coefficient (Wildman–Crippen LogP) is 1.41. The number of rotatable bonds is 6. The number of carbonyl (C=O) groups is 2. The van der Waals surface area contributed by atoms with Crippen LogP contribution < -0.4 is 10.6 Å². The van der Waals surface area contributed by atoms with Gasteiger partial charge in [-0.2, -0.15) is 0 Å². The van der Waals surface area contributed by atoms with Crippen molar-refractivity contribution in [2.45, 2.75) is 6.42 Å². The molecule has 4 nitrogen and oxygen atoms in total. The van der Waals surface area contributed by atoms with Crippen molar-refractivity contribution in [3.05, 3.63) is 47.0 Å². The number of hydrogen-bond acceptors (Lipinski definition) is 2. The first-order valence-electron chi connectivity index (χ1n) is 5.50. The molecule has 0 unspecified atom stereocenters. The van der Waals surface area contributed by atoms with Crippen LogP contribution in [0.4, 0.5) is 0 Å². The summed E-state index contributed by atoms with van der Waals surface area (Å²) in [6.45, 7) is 3.88. The molecule has 0 fully saturated rings. The van der Waals surface area contributed by atoms with Crippen LogP contribution in [-0.4, -0.2) is 24.9 Å². The second-order valence-electron chi connectivity index (χ2n) is 3.67. The highest BCUT2D eigenvalue weighted by Crippen LogP contribution is 2.10. The molecule has 96 valence electrons. The first-order chi connectivity index (χ1) is 8.61. The molecular formula is C13H15BrN2O2. The van der Waals surface area contributed by atoms with Crippen LogP contribution in [0.15, 0.2) is 41.4 Å². The van der Waals surface area contributed by atoms with Crippen molar-refractivity contribution in [2.24, 2.45) is 0 Å². The van der Waals surface area contributed by atoms with Gasteiger partial charge in [0.25, 0.3) is 0 Å². The minimum Gasteiger partial charge on any atom is -0.351 e. The molecule has 0 saturated heterocycles. The van der Waals surface area contributed by atoms with E-state index in [1.807, 2.05) is 24.3 Å². The third kappa shape index (κ3) is 5.63. The predicted molar refractivity (Wildman–Crippen MR) is 74.1 cm³/mol. The first-order valence-corrected chi connectivity index (χ1v) is 6.30. The molecule has 0 aliphatic carbocycles. The Morgan fingerprint density at radius 3 is 2.44 bits per heavy atom. The molecule has 18 heavy (non-hydrogen) atoms. The lowest BCUT2D eigenvalue weighted by molar-refractivity contribution is -0.125. The van der Waals surface area contributed by atoms with Gasteiger partial charge >= 0.3 is 0 Å². The summed E-state index contributed by atoms with van der Waals surface area (Å²) in [5.41, 5.74) is 0.905. The summed E-state index contributed by atoms with van der Waals surface area (Å²) >= 11 is 3.32. The van der Waals surface area contributed by atoms with Crippen LogP contribution in [-0.2, 0) is 16.0 Å². The highest BCUT2D eigenvalue weighted by atomic mass is 79.9. The van der Waals surface area contributed by atoms with Gasteiger partial charge in [0.05, 0.1) is 13.0 Å². The standard InChI is InChI=1S/C13H15BrN2O2/c1-2-7-15-13(18)9-16-12(17)8-10-3-5-11(14)6-4-10/h2-6H,1,7-9H2,(H,15,18)(H,16,17). The second kappa shape index (κ2) is 7.66. The van der Waals surface area contributed by atoms with E-state index in [0.717, 1.165) is 10.0 Å². The van der Waals surface area contributed by atoms with Crippen LogP contribution in [0, 0.1) is 0 Å². The van der Waals surface area contributed by atoms with Gasteiger partial charge in [-0.05, 0) is 17.7 Å². The van der Waals surface area contributed by atoms with Crippen molar-refractivity contribution >= 4 is 27.7 Å². The molecule has 2 amide bonds. The molecule has 5 heteroatoms. The summed E-state index contributed by atoms with van der Waals surface area (Å²) in [5.74, 6) is -0.398. The lowest BCUT2D eigenvalue weighted by atomic mass is 10.1. The van der Waals surface area contributed by atoms with Gasteiger partial charge in [-0.15, -0.1) is 6.58 Å². The lowest BCUT2D eigenvalue weighted by Gasteiger charge is -2.05. The van der Waals surface area contributed by atoms with Gasteiger partial charge in [-0.3, -0.25) is 9.59 Å². The normalized spacial score (nSPS) is 9.61. The van der Waals surface area contributed by atoms with Crippen LogP contribution in [0.3, 0.4) is 0 Å². The Kier molecular flexibility index (Phi) is 6.14. The van der Waals surface area contributed by atoms with E-state index in [1.165, 1.54) is 0 Å². The van der Waals surface area contributed by atoms with Crippen LogP contribution >= 0.6 is 15.9 Å². The SMILES string of the molecule is C=CCNC(=O)CNC(=O)Cc1ccc(Br)cc1. The van der Waals surface area contributed by atoms with Crippen LogP contribution in [0.5, 0.6) is 0 Å². The van der Waals surface area contributed by atoms with Gasteiger partial charge < -0.3 is 10.6 Å². The fourth-order valence-electron chi connectivity index (χ4n) is 1.28. The second-order valence-corrected chi connectivity index (χ2v) is 4.59. The van der Waals surface area contributed by atoms with E-state index in [4.69, 9.17) is 0 Å². The molecule has 2 N–H and O–H groups in total. The molecule has 1 aromatic carbocycles. The van der Waals surface area contributed by atoms with E-state index in [9.17, 15) is 9.59 Å². The van der Waals surface area contributed by atoms with Crippen LogP contribution in [0.1, 0.15) is 5.56 Å². The zero-order chi connectivity index (χ0) is 13.4. The van der Waals surface area contributed by atoms with E-state index in [1.54, 1.807) is 6.08 Å². The molecule has 0 radical (unpaired) electrons. The third-order valence-electron chi connectivity index (χ3n) is 2.17. The molecule has 0 spiro atoms.